The fourth-order valence-corrected chi connectivity index (χ4v) is 4.14. The molecule has 1 aromatic heterocycles. The van der Waals surface area contributed by atoms with Gasteiger partial charge in [0.15, 0.2) is 5.76 Å². The summed E-state index contributed by atoms with van der Waals surface area (Å²) in [5.74, 6) is 0.0106. The molecule has 1 amide bonds. The maximum Gasteiger partial charge on any atom is 0.301 e. The van der Waals surface area contributed by atoms with Crippen LogP contribution < -0.4 is 19.7 Å². The Balaban J connectivity index is 1.63. The molecule has 0 aliphatic heterocycles. The van der Waals surface area contributed by atoms with Gasteiger partial charge < -0.3 is 9.15 Å². The Labute approximate surface area is 179 Å². The van der Waals surface area contributed by atoms with Gasteiger partial charge in [-0.05, 0) is 49.5 Å². The SMILES string of the molecule is CNS(=O)(=O)c1cccc(S(=O)(=O)NNC(=O)c2ccc(COc3ccccc3)o2)c1. The smallest absolute Gasteiger partial charge is 0.301 e. The van der Waals surface area contributed by atoms with Crippen LogP contribution in [0.3, 0.4) is 0 Å². The lowest BCUT2D eigenvalue weighted by molar-refractivity contribution is 0.0913. The average Bonchev–Trinajstić information content (AvgIpc) is 3.26. The van der Waals surface area contributed by atoms with E-state index in [2.05, 4.69) is 4.72 Å². The van der Waals surface area contributed by atoms with Crippen LogP contribution in [-0.4, -0.2) is 29.8 Å². The Morgan fingerprint density at radius 2 is 1.58 bits per heavy atom. The number of rotatable bonds is 9. The monoisotopic (exact) mass is 465 g/mol. The first-order valence-corrected chi connectivity index (χ1v) is 11.8. The molecule has 1 heterocycles. The highest BCUT2D eigenvalue weighted by molar-refractivity contribution is 7.90. The first-order valence-electron chi connectivity index (χ1n) is 8.83. The summed E-state index contributed by atoms with van der Waals surface area (Å²) in [6.45, 7) is 0.0791. The zero-order valence-electron chi connectivity index (χ0n) is 16.2. The van der Waals surface area contributed by atoms with E-state index in [1.165, 1.54) is 37.4 Å². The molecule has 10 nitrogen and oxygen atoms in total. The van der Waals surface area contributed by atoms with Crippen molar-refractivity contribution in [1.29, 1.82) is 0 Å². The number of amides is 1. The van der Waals surface area contributed by atoms with Crippen LogP contribution in [0.25, 0.3) is 0 Å². The number of benzene rings is 2. The molecule has 0 spiro atoms. The number of nitrogens with one attached hydrogen (secondary N) is 3. The van der Waals surface area contributed by atoms with Crippen molar-refractivity contribution in [2.24, 2.45) is 0 Å². The van der Waals surface area contributed by atoms with Crippen molar-refractivity contribution in [3.8, 4) is 5.75 Å². The van der Waals surface area contributed by atoms with Crippen molar-refractivity contribution >= 4 is 26.0 Å². The van der Waals surface area contributed by atoms with E-state index in [0.717, 1.165) is 6.07 Å². The average molecular weight is 466 g/mol. The zero-order valence-corrected chi connectivity index (χ0v) is 17.9. The lowest BCUT2D eigenvalue weighted by Crippen LogP contribution is -2.41. The minimum Gasteiger partial charge on any atom is -0.486 e. The summed E-state index contributed by atoms with van der Waals surface area (Å²) in [4.78, 5) is 13.5. The molecule has 0 bridgehead atoms. The Kier molecular flexibility index (Phi) is 6.75. The molecule has 0 saturated carbocycles. The van der Waals surface area contributed by atoms with Gasteiger partial charge in [-0.25, -0.2) is 21.6 Å². The summed E-state index contributed by atoms with van der Waals surface area (Å²) in [5, 5.41) is 0. The van der Waals surface area contributed by atoms with E-state index in [1.54, 1.807) is 12.1 Å². The molecule has 2 aromatic carbocycles. The highest BCUT2D eigenvalue weighted by Crippen LogP contribution is 2.16. The molecule has 0 fully saturated rings. The van der Waals surface area contributed by atoms with Gasteiger partial charge in [0.2, 0.25) is 10.0 Å². The van der Waals surface area contributed by atoms with E-state index < -0.39 is 26.0 Å². The summed E-state index contributed by atoms with van der Waals surface area (Å²) in [7, 11) is -6.86. The molecule has 164 valence electrons. The zero-order chi connectivity index (χ0) is 22.5. The highest BCUT2D eigenvalue weighted by Gasteiger charge is 2.20. The maximum atomic E-state index is 12.4. The van der Waals surface area contributed by atoms with Crippen molar-refractivity contribution in [3.63, 3.8) is 0 Å². The molecule has 0 radical (unpaired) electrons. The van der Waals surface area contributed by atoms with Crippen LogP contribution in [-0.2, 0) is 26.7 Å². The van der Waals surface area contributed by atoms with E-state index in [9.17, 15) is 21.6 Å². The van der Waals surface area contributed by atoms with Crippen molar-refractivity contribution in [2.75, 3.05) is 7.05 Å². The van der Waals surface area contributed by atoms with Crippen molar-refractivity contribution in [2.45, 2.75) is 16.4 Å². The summed E-state index contributed by atoms with van der Waals surface area (Å²) in [6, 6.07) is 16.6. The molecule has 0 aliphatic rings. The second-order valence-corrected chi connectivity index (χ2v) is 9.68. The van der Waals surface area contributed by atoms with E-state index in [4.69, 9.17) is 9.15 Å². The van der Waals surface area contributed by atoms with Gasteiger partial charge in [0.25, 0.3) is 10.0 Å². The van der Waals surface area contributed by atoms with E-state index >= 15 is 0 Å². The maximum absolute atomic E-state index is 12.4. The molecule has 31 heavy (non-hydrogen) atoms. The predicted molar refractivity (Wildman–Crippen MR) is 110 cm³/mol. The summed E-state index contributed by atoms with van der Waals surface area (Å²) < 4.78 is 61.5. The Morgan fingerprint density at radius 3 is 2.26 bits per heavy atom. The third-order valence-corrected chi connectivity index (χ3v) is 6.66. The van der Waals surface area contributed by atoms with Crippen molar-refractivity contribution < 1.29 is 30.8 Å². The Hall–Kier alpha value is -3.19. The molecule has 3 aromatic rings. The van der Waals surface area contributed by atoms with E-state index in [1.807, 2.05) is 28.5 Å². The molecule has 3 rings (SSSR count). The van der Waals surface area contributed by atoms with Gasteiger partial charge >= 0.3 is 5.91 Å². The topological polar surface area (TPSA) is 144 Å². The standard InChI is InChI=1S/C19H19N3O7S2/c1-20-30(24,25)16-8-5-9-17(12-16)31(26,27)22-21-19(23)18-11-10-15(29-18)13-28-14-6-3-2-4-7-14/h2-12,20,22H,13H2,1H3,(H,21,23). The molecule has 0 atom stereocenters. The highest BCUT2D eigenvalue weighted by atomic mass is 32.2. The number of carbonyl (C=O) groups excluding carboxylic acids is 1. The predicted octanol–water partition coefficient (Wildman–Crippen LogP) is 1.39. The largest absolute Gasteiger partial charge is 0.486 e. The molecule has 3 N–H and O–H groups in total. The number of hydrogen-bond donors (Lipinski definition) is 3. The lowest BCUT2D eigenvalue weighted by Gasteiger charge is -2.09. The summed E-state index contributed by atoms with van der Waals surface area (Å²) >= 11 is 0. The molecule has 0 aliphatic carbocycles. The Morgan fingerprint density at radius 1 is 0.903 bits per heavy atom. The van der Waals surface area contributed by atoms with Crippen LogP contribution >= 0.6 is 0 Å². The molecule has 12 heteroatoms. The number of furan rings is 1. The van der Waals surface area contributed by atoms with Crippen LogP contribution in [0.2, 0.25) is 0 Å². The fourth-order valence-electron chi connectivity index (χ4n) is 2.41. The normalized spacial score (nSPS) is 11.8. The number of carbonyl (C=O) groups is 1. The molecular formula is C19H19N3O7S2. The summed E-state index contributed by atoms with van der Waals surface area (Å²) in [5.41, 5.74) is 2.02. The second-order valence-electron chi connectivity index (χ2n) is 6.11. The molecular weight excluding hydrogens is 446 g/mol. The van der Waals surface area contributed by atoms with Gasteiger partial charge in [-0.3, -0.25) is 10.2 Å². The first kappa shape index (κ1) is 22.5. The van der Waals surface area contributed by atoms with Gasteiger partial charge in [0, 0.05) is 0 Å². The van der Waals surface area contributed by atoms with Gasteiger partial charge in [0.05, 0.1) is 9.79 Å². The Bertz CT molecular complexity index is 1270. The third-order valence-electron chi connectivity index (χ3n) is 4.00. The number of sulfonamides is 2. The lowest BCUT2D eigenvalue weighted by atomic mass is 10.3. The first-order chi connectivity index (χ1) is 14.7. The van der Waals surface area contributed by atoms with Crippen molar-refractivity contribution in [3.05, 3.63) is 78.3 Å². The number of hydrogen-bond acceptors (Lipinski definition) is 7. The van der Waals surface area contributed by atoms with E-state index in [0.29, 0.717) is 11.5 Å². The molecule has 0 unspecified atom stereocenters. The minimum absolute atomic E-state index is 0.0791. The third kappa shape index (κ3) is 5.70. The van der Waals surface area contributed by atoms with Gasteiger partial charge in [0.1, 0.15) is 18.1 Å². The van der Waals surface area contributed by atoms with E-state index in [-0.39, 0.29) is 22.2 Å². The second kappa shape index (κ2) is 9.31. The van der Waals surface area contributed by atoms with Crippen LogP contribution in [0.4, 0.5) is 0 Å². The fraction of sp³-hybridized carbons (Fsp3) is 0.105. The number of para-hydroxylation sites is 1. The quantitative estimate of drug-likeness (QED) is 0.405. The minimum atomic E-state index is -4.23. The van der Waals surface area contributed by atoms with Crippen LogP contribution in [0.5, 0.6) is 5.75 Å². The summed E-state index contributed by atoms with van der Waals surface area (Å²) in [6.07, 6.45) is 0. The van der Waals surface area contributed by atoms with Crippen LogP contribution in [0, 0.1) is 0 Å². The number of ether oxygens (including phenoxy) is 1. The van der Waals surface area contributed by atoms with Crippen LogP contribution in [0.1, 0.15) is 16.3 Å². The molecule has 0 saturated heterocycles. The van der Waals surface area contributed by atoms with Crippen molar-refractivity contribution in [1.82, 2.24) is 15.0 Å². The van der Waals surface area contributed by atoms with Gasteiger partial charge in [-0.2, -0.15) is 0 Å². The van der Waals surface area contributed by atoms with Gasteiger partial charge in [-0.1, -0.05) is 24.3 Å². The number of hydrazine groups is 1. The van der Waals surface area contributed by atoms with Gasteiger partial charge in [-0.15, -0.1) is 4.83 Å². The van der Waals surface area contributed by atoms with Crippen LogP contribution in [0.15, 0.2) is 80.9 Å².